The third-order valence-corrected chi connectivity index (χ3v) is 2.89. The summed E-state index contributed by atoms with van der Waals surface area (Å²) in [6, 6.07) is 7.78. The zero-order valence-electron chi connectivity index (χ0n) is 9.04. The number of H-pyrrole nitrogens is 1. The first kappa shape index (κ1) is 11.1. The smallest absolute Gasteiger partial charge is 0.241 e. The average Bonchev–Trinajstić information content (AvgIpc) is 2.71. The first-order chi connectivity index (χ1) is 8.66. The fourth-order valence-corrected chi connectivity index (χ4v) is 2.09. The van der Waals surface area contributed by atoms with E-state index in [-0.39, 0.29) is 9.88 Å². The monoisotopic (exact) mass is 276 g/mol. The molecule has 2 heterocycles. The fraction of sp³-hybridized carbons (Fsp3) is 0. The van der Waals surface area contributed by atoms with Crippen molar-refractivity contribution in [1.29, 1.82) is 0 Å². The van der Waals surface area contributed by atoms with E-state index in [1.165, 1.54) is 4.68 Å². The highest BCUT2D eigenvalue weighted by molar-refractivity contribution is 7.80. The predicted octanol–water partition coefficient (Wildman–Crippen LogP) is 1.43. The summed E-state index contributed by atoms with van der Waals surface area (Å²) in [7, 11) is 0. The maximum absolute atomic E-state index is 5.47. The van der Waals surface area contributed by atoms with Gasteiger partial charge in [0.15, 0.2) is 10.8 Å². The summed E-state index contributed by atoms with van der Waals surface area (Å²) in [4.78, 5) is 3.21. The summed E-state index contributed by atoms with van der Waals surface area (Å²) in [6.07, 6.45) is 0. The summed E-state index contributed by atoms with van der Waals surface area (Å²) in [5.74, 6) is 0. The van der Waals surface area contributed by atoms with E-state index in [1.54, 1.807) is 0 Å². The summed E-state index contributed by atoms with van der Waals surface area (Å²) < 4.78 is 1.77. The lowest BCUT2D eigenvalue weighted by Gasteiger charge is -2.07. The normalized spacial score (nSPS) is 10.9. The molecule has 0 aliphatic rings. The van der Waals surface area contributed by atoms with Gasteiger partial charge >= 0.3 is 0 Å². The summed E-state index contributed by atoms with van der Waals surface area (Å²) in [5, 5.41) is 9.10. The van der Waals surface area contributed by atoms with Crippen LogP contribution in [-0.2, 0) is 0 Å². The molecule has 90 valence electrons. The average molecular weight is 276 g/mol. The Labute approximate surface area is 112 Å². The molecule has 0 saturated carbocycles. The maximum atomic E-state index is 5.47. The van der Waals surface area contributed by atoms with Crippen LogP contribution in [0, 0.1) is 4.77 Å². The SMILES string of the molecule is NC(=S)Nn1c(=S)nnc2c3ccccc3[nH]c21. The number of rotatable bonds is 1. The number of hydrogen-bond acceptors (Lipinski definition) is 4. The number of hydrogen-bond donors (Lipinski definition) is 3. The maximum Gasteiger partial charge on any atom is 0.241 e. The number of aromatic nitrogens is 4. The van der Waals surface area contributed by atoms with Crippen molar-refractivity contribution >= 4 is 51.6 Å². The lowest BCUT2D eigenvalue weighted by Crippen LogP contribution is -2.29. The van der Waals surface area contributed by atoms with Gasteiger partial charge in [0.2, 0.25) is 4.77 Å². The van der Waals surface area contributed by atoms with E-state index >= 15 is 0 Å². The van der Waals surface area contributed by atoms with E-state index in [1.807, 2.05) is 24.3 Å². The highest BCUT2D eigenvalue weighted by Gasteiger charge is 2.10. The number of benzene rings is 1. The molecule has 3 aromatic rings. The molecule has 1 aromatic carbocycles. The largest absolute Gasteiger partial charge is 0.375 e. The number of nitrogens with zero attached hydrogens (tertiary/aromatic N) is 3. The van der Waals surface area contributed by atoms with Gasteiger partial charge in [-0.2, -0.15) is 0 Å². The molecule has 4 N–H and O–H groups in total. The topological polar surface area (TPSA) is 84.5 Å². The molecule has 0 unspecified atom stereocenters. The number of fused-ring (bicyclic) bond motifs is 3. The second-order valence-corrected chi connectivity index (χ2v) is 4.47. The van der Waals surface area contributed by atoms with Crippen molar-refractivity contribution in [2.75, 3.05) is 5.43 Å². The van der Waals surface area contributed by atoms with E-state index < -0.39 is 0 Å². The second kappa shape index (κ2) is 4.00. The lowest BCUT2D eigenvalue weighted by molar-refractivity contribution is 0.869. The lowest BCUT2D eigenvalue weighted by atomic mass is 10.2. The highest BCUT2D eigenvalue weighted by Crippen LogP contribution is 2.21. The second-order valence-electron chi connectivity index (χ2n) is 3.66. The molecule has 0 aliphatic heterocycles. The van der Waals surface area contributed by atoms with Gasteiger partial charge in [-0.3, -0.25) is 5.43 Å². The molecule has 18 heavy (non-hydrogen) atoms. The van der Waals surface area contributed by atoms with E-state index in [0.29, 0.717) is 11.2 Å². The third-order valence-electron chi connectivity index (χ3n) is 2.53. The number of nitrogens with one attached hydrogen (secondary N) is 2. The minimum atomic E-state index is 0.110. The summed E-state index contributed by atoms with van der Waals surface area (Å²) in [6.45, 7) is 0. The third kappa shape index (κ3) is 1.62. The van der Waals surface area contributed by atoms with Gasteiger partial charge < -0.3 is 10.7 Å². The van der Waals surface area contributed by atoms with E-state index in [9.17, 15) is 0 Å². The van der Waals surface area contributed by atoms with Crippen molar-refractivity contribution in [3.63, 3.8) is 0 Å². The van der Waals surface area contributed by atoms with Crippen LogP contribution in [0.1, 0.15) is 0 Å². The Morgan fingerprint density at radius 2 is 2.11 bits per heavy atom. The Morgan fingerprint density at radius 1 is 1.33 bits per heavy atom. The molecule has 0 aliphatic carbocycles. The van der Waals surface area contributed by atoms with Crippen molar-refractivity contribution in [3.05, 3.63) is 29.0 Å². The van der Waals surface area contributed by atoms with Crippen molar-refractivity contribution in [2.24, 2.45) is 5.73 Å². The van der Waals surface area contributed by atoms with Crippen LogP contribution in [0.15, 0.2) is 24.3 Å². The molecule has 3 rings (SSSR count). The number of aromatic amines is 1. The zero-order valence-corrected chi connectivity index (χ0v) is 10.7. The molecule has 2 aromatic heterocycles. The molecule has 0 saturated heterocycles. The minimum absolute atomic E-state index is 0.110. The van der Waals surface area contributed by atoms with Gasteiger partial charge in [0.25, 0.3) is 0 Å². The molecule has 0 radical (unpaired) electrons. The van der Waals surface area contributed by atoms with Crippen LogP contribution in [0.4, 0.5) is 0 Å². The molecule has 8 heteroatoms. The summed E-state index contributed by atoms with van der Waals surface area (Å²) >= 11 is 9.91. The van der Waals surface area contributed by atoms with Crippen molar-refractivity contribution < 1.29 is 0 Å². The Hall–Kier alpha value is -2.06. The first-order valence-electron chi connectivity index (χ1n) is 5.09. The number of para-hydroxylation sites is 1. The quantitative estimate of drug-likeness (QED) is 0.583. The van der Waals surface area contributed by atoms with Crippen molar-refractivity contribution in [1.82, 2.24) is 19.9 Å². The van der Waals surface area contributed by atoms with Crippen LogP contribution in [0.25, 0.3) is 22.1 Å². The molecule has 0 atom stereocenters. The van der Waals surface area contributed by atoms with Crippen molar-refractivity contribution in [3.8, 4) is 0 Å². The van der Waals surface area contributed by atoms with Crippen LogP contribution in [0.3, 0.4) is 0 Å². The highest BCUT2D eigenvalue weighted by atomic mass is 32.1. The minimum Gasteiger partial charge on any atom is -0.375 e. The van der Waals surface area contributed by atoms with Gasteiger partial charge in [0, 0.05) is 10.9 Å². The van der Waals surface area contributed by atoms with Gasteiger partial charge in [-0.1, -0.05) is 18.2 Å². The predicted molar refractivity (Wildman–Crippen MR) is 76.4 cm³/mol. The molecular formula is C10H8N6S2. The molecule has 0 amide bonds. The van der Waals surface area contributed by atoms with Gasteiger partial charge in [-0.25, -0.2) is 4.68 Å². The Kier molecular flexibility index (Phi) is 2.46. The van der Waals surface area contributed by atoms with E-state index in [2.05, 4.69) is 20.6 Å². The number of nitrogens with two attached hydrogens (primary N) is 1. The van der Waals surface area contributed by atoms with E-state index in [0.717, 1.165) is 10.9 Å². The van der Waals surface area contributed by atoms with Crippen LogP contribution in [0.5, 0.6) is 0 Å². The van der Waals surface area contributed by atoms with Crippen LogP contribution >= 0.6 is 24.4 Å². The van der Waals surface area contributed by atoms with Crippen LogP contribution in [-0.4, -0.2) is 25.0 Å². The zero-order chi connectivity index (χ0) is 12.7. The molecular weight excluding hydrogens is 268 g/mol. The first-order valence-corrected chi connectivity index (χ1v) is 5.91. The van der Waals surface area contributed by atoms with Gasteiger partial charge in [0.05, 0.1) is 0 Å². The van der Waals surface area contributed by atoms with Gasteiger partial charge in [-0.15, -0.1) is 10.2 Å². The Balaban J connectivity index is 2.43. The van der Waals surface area contributed by atoms with Gasteiger partial charge in [-0.05, 0) is 30.5 Å². The standard InChI is InChI=1S/C10H8N6S2/c11-9(17)15-16-8-7(13-14-10(16)18)5-3-1-2-4-6(5)12-8/h1-4,12H,(H3,11,15,17). The Bertz CT molecular complexity index is 818. The molecule has 0 fully saturated rings. The molecule has 0 spiro atoms. The summed E-state index contributed by atoms with van der Waals surface area (Å²) in [5.41, 5.74) is 10.6. The fourth-order valence-electron chi connectivity index (χ4n) is 1.82. The van der Waals surface area contributed by atoms with Gasteiger partial charge in [0.1, 0.15) is 5.52 Å². The number of thiocarbonyl (C=S) groups is 1. The molecule has 6 nitrogen and oxygen atoms in total. The van der Waals surface area contributed by atoms with Crippen molar-refractivity contribution in [2.45, 2.75) is 0 Å². The molecule has 0 bridgehead atoms. The van der Waals surface area contributed by atoms with Crippen LogP contribution < -0.4 is 11.2 Å². The Morgan fingerprint density at radius 3 is 2.89 bits per heavy atom. The van der Waals surface area contributed by atoms with E-state index in [4.69, 9.17) is 30.2 Å². The van der Waals surface area contributed by atoms with Crippen LogP contribution in [0.2, 0.25) is 0 Å².